The van der Waals surface area contributed by atoms with Crippen molar-refractivity contribution in [3.8, 4) is 0 Å². The zero-order valence-electron chi connectivity index (χ0n) is 16.2. The van der Waals surface area contributed by atoms with Crippen LogP contribution in [0.4, 0.5) is 5.95 Å². The van der Waals surface area contributed by atoms with E-state index < -0.39 is 0 Å². The van der Waals surface area contributed by atoms with Crippen molar-refractivity contribution in [2.45, 2.75) is 19.9 Å². The molecule has 146 valence electrons. The summed E-state index contributed by atoms with van der Waals surface area (Å²) in [5, 5.41) is 6.54. The zero-order valence-corrected chi connectivity index (χ0v) is 16.2. The molecule has 0 radical (unpaired) electrons. The van der Waals surface area contributed by atoms with Crippen LogP contribution in [0.5, 0.6) is 0 Å². The normalized spacial score (nSPS) is 20.8. The Morgan fingerprint density at radius 3 is 2.52 bits per heavy atom. The number of rotatable bonds is 3. The highest BCUT2D eigenvalue weighted by Gasteiger charge is 2.30. The number of fused-ring (bicyclic) bond motifs is 3. The highest BCUT2D eigenvalue weighted by Crippen LogP contribution is 2.29. The first-order valence-electron chi connectivity index (χ1n) is 9.21. The van der Waals surface area contributed by atoms with E-state index in [9.17, 15) is 9.59 Å². The SMILES string of the molecule is CC1=NN(CCN2CCOCC2)c2nc3c(c(=O)n(C)c(=O)n3C)n2C1C. The Hall–Kier alpha value is -2.46. The van der Waals surface area contributed by atoms with Crippen LogP contribution in [0.25, 0.3) is 11.2 Å². The predicted molar refractivity (Wildman–Crippen MR) is 103 cm³/mol. The van der Waals surface area contributed by atoms with Gasteiger partial charge < -0.3 is 4.74 Å². The Balaban J connectivity index is 1.79. The highest BCUT2D eigenvalue weighted by molar-refractivity contribution is 5.91. The second-order valence-corrected chi connectivity index (χ2v) is 7.15. The van der Waals surface area contributed by atoms with Crippen LogP contribution in [0.3, 0.4) is 0 Å². The van der Waals surface area contributed by atoms with Crippen molar-refractivity contribution in [3.63, 3.8) is 0 Å². The molecule has 1 atom stereocenters. The number of aryl methyl sites for hydroxylation is 1. The molecule has 2 aromatic rings. The van der Waals surface area contributed by atoms with Gasteiger partial charge in [0.05, 0.1) is 31.5 Å². The Morgan fingerprint density at radius 1 is 1.11 bits per heavy atom. The molecule has 0 N–H and O–H groups in total. The zero-order chi connectivity index (χ0) is 19.3. The molecule has 4 rings (SSSR count). The van der Waals surface area contributed by atoms with Crippen molar-refractivity contribution in [2.75, 3.05) is 44.4 Å². The van der Waals surface area contributed by atoms with Gasteiger partial charge >= 0.3 is 5.69 Å². The first kappa shape index (κ1) is 17.9. The van der Waals surface area contributed by atoms with Crippen LogP contribution in [0.1, 0.15) is 19.9 Å². The van der Waals surface area contributed by atoms with E-state index in [1.54, 1.807) is 7.05 Å². The lowest BCUT2D eigenvalue weighted by molar-refractivity contribution is 0.0391. The lowest BCUT2D eigenvalue weighted by Crippen LogP contribution is -2.42. The number of nitrogens with zero attached hydrogens (tertiary/aromatic N) is 7. The van der Waals surface area contributed by atoms with Crippen LogP contribution in [-0.2, 0) is 18.8 Å². The summed E-state index contributed by atoms with van der Waals surface area (Å²) in [4.78, 5) is 32.1. The number of morpholine rings is 1. The summed E-state index contributed by atoms with van der Waals surface area (Å²) in [5.41, 5.74) is 1.02. The number of imidazole rings is 1. The average molecular weight is 375 g/mol. The fourth-order valence-electron chi connectivity index (χ4n) is 3.67. The summed E-state index contributed by atoms with van der Waals surface area (Å²) in [5.74, 6) is 0.606. The molecule has 0 spiro atoms. The van der Waals surface area contributed by atoms with Crippen molar-refractivity contribution >= 4 is 22.8 Å². The summed E-state index contributed by atoms with van der Waals surface area (Å²) in [6.45, 7) is 8.72. The molecule has 27 heavy (non-hydrogen) atoms. The molecule has 1 saturated heterocycles. The first-order valence-corrected chi connectivity index (χ1v) is 9.21. The maximum atomic E-state index is 12.8. The van der Waals surface area contributed by atoms with Crippen molar-refractivity contribution in [1.82, 2.24) is 23.6 Å². The Morgan fingerprint density at radius 2 is 1.81 bits per heavy atom. The summed E-state index contributed by atoms with van der Waals surface area (Å²) >= 11 is 0. The van der Waals surface area contributed by atoms with Crippen LogP contribution in [-0.4, -0.2) is 68.7 Å². The number of hydrogen-bond donors (Lipinski definition) is 0. The molecule has 0 aromatic carbocycles. The van der Waals surface area contributed by atoms with Crippen molar-refractivity contribution in [1.29, 1.82) is 0 Å². The molecule has 0 amide bonds. The molecule has 0 bridgehead atoms. The van der Waals surface area contributed by atoms with E-state index in [-0.39, 0.29) is 17.3 Å². The fraction of sp³-hybridized carbons (Fsp3) is 0.647. The quantitative estimate of drug-likeness (QED) is 0.720. The predicted octanol–water partition coefficient (Wildman–Crippen LogP) is -0.477. The highest BCUT2D eigenvalue weighted by atomic mass is 16.5. The van der Waals surface area contributed by atoms with Crippen molar-refractivity contribution in [2.24, 2.45) is 19.2 Å². The molecule has 2 aliphatic heterocycles. The third-order valence-corrected chi connectivity index (χ3v) is 5.51. The Kier molecular flexibility index (Phi) is 4.39. The second kappa shape index (κ2) is 6.61. The molecule has 4 heterocycles. The summed E-state index contributed by atoms with van der Waals surface area (Å²) in [6.07, 6.45) is 0. The van der Waals surface area contributed by atoms with Gasteiger partial charge in [0, 0.05) is 33.7 Å². The van der Waals surface area contributed by atoms with Gasteiger partial charge in [0.2, 0.25) is 5.95 Å². The van der Waals surface area contributed by atoms with E-state index in [4.69, 9.17) is 9.84 Å². The van der Waals surface area contributed by atoms with Gasteiger partial charge in [0.1, 0.15) is 0 Å². The summed E-state index contributed by atoms with van der Waals surface area (Å²) in [6, 6.07) is -0.102. The van der Waals surface area contributed by atoms with Gasteiger partial charge in [-0.3, -0.25) is 23.4 Å². The second-order valence-electron chi connectivity index (χ2n) is 7.15. The van der Waals surface area contributed by atoms with Crippen molar-refractivity contribution < 1.29 is 4.74 Å². The van der Waals surface area contributed by atoms with Crippen molar-refractivity contribution in [3.05, 3.63) is 20.8 Å². The maximum Gasteiger partial charge on any atom is 0.332 e. The molecular weight excluding hydrogens is 350 g/mol. The maximum absolute atomic E-state index is 12.8. The minimum absolute atomic E-state index is 0.102. The van der Waals surface area contributed by atoms with Gasteiger partial charge in [-0.15, -0.1) is 0 Å². The van der Waals surface area contributed by atoms with Gasteiger partial charge in [0.25, 0.3) is 5.56 Å². The van der Waals surface area contributed by atoms with E-state index in [0.29, 0.717) is 23.7 Å². The molecular formula is C17H25N7O3. The van der Waals surface area contributed by atoms with Crippen LogP contribution in [0.2, 0.25) is 0 Å². The van der Waals surface area contributed by atoms with Gasteiger partial charge in [0.15, 0.2) is 11.2 Å². The monoisotopic (exact) mass is 375 g/mol. The fourth-order valence-corrected chi connectivity index (χ4v) is 3.67. The first-order chi connectivity index (χ1) is 12.9. The van der Waals surface area contributed by atoms with E-state index in [0.717, 1.165) is 43.1 Å². The van der Waals surface area contributed by atoms with Crippen LogP contribution in [0.15, 0.2) is 14.7 Å². The topological polar surface area (TPSA) is 89.9 Å². The summed E-state index contributed by atoms with van der Waals surface area (Å²) in [7, 11) is 3.13. The largest absolute Gasteiger partial charge is 0.379 e. The van der Waals surface area contributed by atoms with Gasteiger partial charge in [-0.1, -0.05) is 0 Å². The minimum atomic E-state index is -0.381. The molecule has 0 aliphatic carbocycles. The smallest absolute Gasteiger partial charge is 0.332 e. The molecule has 2 aliphatic rings. The number of hydrazone groups is 1. The Labute approximate surface area is 156 Å². The molecule has 10 nitrogen and oxygen atoms in total. The Bertz CT molecular complexity index is 1030. The van der Waals surface area contributed by atoms with Gasteiger partial charge in [-0.05, 0) is 13.8 Å². The standard InChI is InChI=1S/C17H25N7O3/c1-11-12(2)24-13-14(20(3)17(26)21(4)15(13)25)18-16(24)23(19-11)6-5-22-7-9-27-10-8-22/h12H,5-10H2,1-4H3. The minimum Gasteiger partial charge on any atom is -0.379 e. The lowest BCUT2D eigenvalue weighted by Gasteiger charge is -2.32. The molecule has 10 heteroatoms. The third kappa shape index (κ3) is 2.79. The van der Waals surface area contributed by atoms with Crippen LogP contribution >= 0.6 is 0 Å². The molecule has 1 fully saturated rings. The van der Waals surface area contributed by atoms with E-state index in [1.165, 1.54) is 11.6 Å². The number of hydrogen-bond acceptors (Lipinski definition) is 7. The van der Waals surface area contributed by atoms with E-state index >= 15 is 0 Å². The third-order valence-electron chi connectivity index (χ3n) is 5.51. The van der Waals surface area contributed by atoms with E-state index in [1.807, 2.05) is 23.4 Å². The van der Waals surface area contributed by atoms with Crippen LogP contribution < -0.4 is 16.3 Å². The number of ether oxygens (including phenoxy) is 1. The van der Waals surface area contributed by atoms with Gasteiger partial charge in [-0.25, -0.2) is 9.80 Å². The summed E-state index contributed by atoms with van der Waals surface area (Å²) < 4.78 is 9.85. The van der Waals surface area contributed by atoms with Crippen LogP contribution in [0, 0.1) is 0 Å². The van der Waals surface area contributed by atoms with Gasteiger partial charge in [-0.2, -0.15) is 10.1 Å². The molecule has 0 saturated carbocycles. The number of aromatic nitrogens is 4. The lowest BCUT2D eigenvalue weighted by atomic mass is 10.2. The average Bonchev–Trinajstić information content (AvgIpc) is 3.08. The molecule has 1 unspecified atom stereocenters. The number of anilines is 1. The van der Waals surface area contributed by atoms with E-state index in [2.05, 4.69) is 9.88 Å². The molecule has 2 aromatic heterocycles.